The number of benzene rings is 1. The number of nitrogens with zero attached hydrogens (tertiary/aromatic N) is 4. The molecule has 1 saturated heterocycles. The first kappa shape index (κ1) is 19.5. The summed E-state index contributed by atoms with van der Waals surface area (Å²) in [4.78, 5) is 14.2. The molecule has 3 heterocycles. The van der Waals surface area contributed by atoms with Crippen LogP contribution in [0.3, 0.4) is 0 Å². The maximum absolute atomic E-state index is 14.7. The standard InChI is InChI=1S/C20H22FN5O2S/c1-12-17(22-6-3-19(12)28-2)11-29-20-23-15-9-14(21)18(10-16(15)24-20)26-7-4-13(25-27)5-8-26/h3,6,9-10,27H,4-5,7-8,11H2,1-2H3,(H,23,24). The number of rotatable bonds is 5. The minimum atomic E-state index is -0.285. The lowest BCUT2D eigenvalue weighted by atomic mass is 10.1. The molecule has 9 heteroatoms. The second kappa shape index (κ2) is 8.28. The van der Waals surface area contributed by atoms with E-state index in [0.29, 0.717) is 48.0 Å². The van der Waals surface area contributed by atoms with Gasteiger partial charge in [0.1, 0.15) is 11.6 Å². The van der Waals surface area contributed by atoms with Gasteiger partial charge in [-0.25, -0.2) is 9.37 Å². The number of aromatic nitrogens is 3. The van der Waals surface area contributed by atoms with Crippen LogP contribution >= 0.6 is 11.8 Å². The molecule has 0 atom stereocenters. The van der Waals surface area contributed by atoms with E-state index in [1.54, 1.807) is 19.4 Å². The SMILES string of the molecule is COc1ccnc(CSc2nc3cc(N4CCC(=NO)CC4)c(F)cc3[nH]2)c1C. The summed E-state index contributed by atoms with van der Waals surface area (Å²) < 4.78 is 20.0. The monoisotopic (exact) mass is 415 g/mol. The van der Waals surface area contributed by atoms with Gasteiger partial charge in [-0.1, -0.05) is 16.9 Å². The van der Waals surface area contributed by atoms with Crippen LogP contribution in [0.1, 0.15) is 24.1 Å². The number of ether oxygens (including phenoxy) is 1. The number of piperidine rings is 1. The fourth-order valence-corrected chi connectivity index (χ4v) is 4.38. The highest BCUT2D eigenvalue weighted by atomic mass is 32.2. The molecule has 0 amide bonds. The highest BCUT2D eigenvalue weighted by Gasteiger charge is 2.20. The lowest BCUT2D eigenvalue weighted by Gasteiger charge is -2.29. The molecule has 0 saturated carbocycles. The van der Waals surface area contributed by atoms with Crippen LogP contribution in [-0.2, 0) is 5.75 Å². The smallest absolute Gasteiger partial charge is 0.166 e. The number of oxime groups is 1. The number of H-pyrrole nitrogens is 1. The zero-order valence-electron chi connectivity index (χ0n) is 16.3. The zero-order valence-corrected chi connectivity index (χ0v) is 17.1. The van der Waals surface area contributed by atoms with E-state index in [-0.39, 0.29) is 5.82 Å². The molecule has 2 N–H and O–H groups in total. The van der Waals surface area contributed by atoms with Crippen molar-refractivity contribution in [1.29, 1.82) is 0 Å². The van der Waals surface area contributed by atoms with Crippen LogP contribution < -0.4 is 9.64 Å². The summed E-state index contributed by atoms with van der Waals surface area (Å²) >= 11 is 1.52. The molecule has 0 aliphatic carbocycles. The first-order chi connectivity index (χ1) is 14.1. The summed E-state index contributed by atoms with van der Waals surface area (Å²) in [5.41, 5.74) is 4.60. The van der Waals surface area contributed by atoms with Gasteiger partial charge in [-0.05, 0) is 19.1 Å². The maximum atomic E-state index is 14.7. The molecule has 4 rings (SSSR count). The van der Waals surface area contributed by atoms with Crippen LogP contribution in [0, 0.1) is 12.7 Å². The average molecular weight is 415 g/mol. The van der Waals surface area contributed by atoms with Gasteiger partial charge in [-0.3, -0.25) is 4.98 Å². The number of anilines is 1. The van der Waals surface area contributed by atoms with Crippen LogP contribution in [0.2, 0.25) is 0 Å². The van der Waals surface area contributed by atoms with Crippen LogP contribution in [0.4, 0.5) is 10.1 Å². The lowest BCUT2D eigenvalue weighted by Crippen LogP contribution is -2.34. The normalized spacial score (nSPS) is 14.4. The Morgan fingerprint density at radius 2 is 2.14 bits per heavy atom. The van der Waals surface area contributed by atoms with Gasteiger partial charge >= 0.3 is 0 Å². The molecule has 1 aliphatic rings. The van der Waals surface area contributed by atoms with Crippen molar-refractivity contribution in [2.75, 3.05) is 25.1 Å². The van der Waals surface area contributed by atoms with Gasteiger partial charge in [-0.2, -0.15) is 0 Å². The van der Waals surface area contributed by atoms with Crippen molar-refractivity contribution < 1.29 is 14.3 Å². The fourth-order valence-electron chi connectivity index (χ4n) is 3.47. The Hall–Kier alpha value is -2.81. The summed E-state index contributed by atoms with van der Waals surface area (Å²) in [5.74, 6) is 1.16. The van der Waals surface area contributed by atoms with Gasteiger partial charge in [0.15, 0.2) is 5.16 Å². The fraction of sp³-hybridized carbons (Fsp3) is 0.350. The molecule has 2 aromatic heterocycles. The number of hydrogen-bond donors (Lipinski definition) is 2. The third-order valence-electron chi connectivity index (χ3n) is 5.18. The van der Waals surface area contributed by atoms with Crippen molar-refractivity contribution in [3.8, 4) is 5.75 Å². The van der Waals surface area contributed by atoms with Gasteiger partial charge in [0.2, 0.25) is 0 Å². The van der Waals surface area contributed by atoms with E-state index in [1.807, 2.05) is 17.9 Å². The van der Waals surface area contributed by atoms with Crippen LogP contribution in [0.15, 0.2) is 34.7 Å². The van der Waals surface area contributed by atoms with E-state index < -0.39 is 0 Å². The van der Waals surface area contributed by atoms with Crippen molar-refractivity contribution in [2.45, 2.75) is 30.7 Å². The van der Waals surface area contributed by atoms with Crippen LogP contribution in [0.25, 0.3) is 11.0 Å². The Bertz CT molecular complexity index is 1060. The van der Waals surface area contributed by atoms with E-state index in [1.165, 1.54) is 17.8 Å². The number of thioether (sulfide) groups is 1. The Morgan fingerprint density at radius 1 is 1.34 bits per heavy atom. The largest absolute Gasteiger partial charge is 0.496 e. The van der Waals surface area contributed by atoms with E-state index in [9.17, 15) is 4.39 Å². The highest BCUT2D eigenvalue weighted by Crippen LogP contribution is 2.30. The van der Waals surface area contributed by atoms with Crippen molar-refractivity contribution >= 4 is 34.2 Å². The molecule has 3 aromatic rings. The highest BCUT2D eigenvalue weighted by molar-refractivity contribution is 7.98. The van der Waals surface area contributed by atoms with Crippen LogP contribution in [-0.4, -0.2) is 46.1 Å². The van der Waals surface area contributed by atoms with Crippen molar-refractivity contribution in [3.05, 3.63) is 41.5 Å². The Labute approximate surface area is 172 Å². The number of methoxy groups -OCH3 is 1. The minimum absolute atomic E-state index is 0.285. The maximum Gasteiger partial charge on any atom is 0.166 e. The van der Waals surface area contributed by atoms with E-state index >= 15 is 0 Å². The minimum Gasteiger partial charge on any atom is -0.496 e. The van der Waals surface area contributed by atoms with E-state index in [2.05, 4.69) is 20.1 Å². The first-order valence-electron chi connectivity index (χ1n) is 9.34. The number of pyridine rings is 1. The Balaban J connectivity index is 1.52. The second-order valence-electron chi connectivity index (χ2n) is 6.89. The summed E-state index contributed by atoms with van der Waals surface area (Å²) in [7, 11) is 1.64. The molecule has 0 unspecified atom stereocenters. The third-order valence-corrected chi connectivity index (χ3v) is 6.06. The van der Waals surface area contributed by atoms with Crippen molar-refractivity contribution in [3.63, 3.8) is 0 Å². The molecule has 0 spiro atoms. The van der Waals surface area contributed by atoms with E-state index in [0.717, 1.165) is 28.2 Å². The van der Waals surface area contributed by atoms with Crippen molar-refractivity contribution in [2.24, 2.45) is 5.16 Å². The average Bonchev–Trinajstić information content (AvgIpc) is 3.14. The van der Waals surface area contributed by atoms with Crippen LogP contribution in [0.5, 0.6) is 5.75 Å². The van der Waals surface area contributed by atoms with Gasteiger partial charge in [0.05, 0.1) is 35.2 Å². The molecule has 7 nitrogen and oxygen atoms in total. The summed E-state index contributed by atoms with van der Waals surface area (Å²) in [6.45, 7) is 3.22. The second-order valence-corrected chi connectivity index (χ2v) is 7.85. The van der Waals surface area contributed by atoms with Crippen molar-refractivity contribution in [1.82, 2.24) is 15.0 Å². The van der Waals surface area contributed by atoms with Gasteiger partial charge in [-0.15, -0.1) is 0 Å². The summed E-state index contributed by atoms with van der Waals surface area (Å²) in [5, 5.41) is 12.9. The Morgan fingerprint density at radius 3 is 2.86 bits per heavy atom. The molecule has 152 valence electrons. The Kier molecular flexibility index (Phi) is 5.57. The number of nitrogens with one attached hydrogen (secondary N) is 1. The predicted molar refractivity (Wildman–Crippen MR) is 112 cm³/mol. The summed E-state index contributed by atoms with van der Waals surface area (Å²) in [6.07, 6.45) is 2.98. The first-order valence-corrected chi connectivity index (χ1v) is 10.3. The molecule has 0 bridgehead atoms. The molecular weight excluding hydrogens is 393 g/mol. The zero-order chi connectivity index (χ0) is 20.4. The quantitative estimate of drug-likeness (QED) is 0.370. The topological polar surface area (TPSA) is 86.6 Å². The number of imidazole rings is 1. The molecular formula is C20H22FN5O2S. The number of hydrogen-bond acceptors (Lipinski definition) is 7. The molecule has 29 heavy (non-hydrogen) atoms. The van der Waals surface area contributed by atoms with E-state index in [4.69, 9.17) is 9.94 Å². The summed E-state index contributed by atoms with van der Waals surface area (Å²) in [6, 6.07) is 5.11. The lowest BCUT2D eigenvalue weighted by molar-refractivity contribution is 0.315. The molecule has 1 fully saturated rings. The molecule has 1 aliphatic heterocycles. The third kappa shape index (κ3) is 4.00. The van der Waals surface area contributed by atoms with Gasteiger partial charge in [0, 0.05) is 49.5 Å². The van der Waals surface area contributed by atoms with Gasteiger partial charge < -0.3 is 19.8 Å². The van der Waals surface area contributed by atoms with Gasteiger partial charge in [0.25, 0.3) is 0 Å². The molecule has 0 radical (unpaired) electrons. The number of halogens is 1. The number of fused-ring (bicyclic) bond motifs is 1. The molecule has 1 aromatic carbocycles. The number of aromatic amines is 1. The predicted octanol–water partition coefficient (Wildman–Crippen LogP) is 4.14.